The molecule has 2 amide bonds. The van der Waals surface area contributed by atoms with Gasteiger partial charge in [0, 0.05) is 27.1 Å². The molecule has 0 saturated carbocycles. The van der Waals surface area contributed by atoms with Gasteiger partial charge in [0.15, 0.2) is 0 Å². The average Bonchev–Trinajstić information content (AvgIpc) is 3.29. The van der Waals surface area contributed by atoms with Crippen LogP contribution < -0.4 is 5.32 Å². The van der Waals surface area contributed by atoms with Crippen molar-refractivity contribution in [2.75, 3.05) is 13.6 Å². The van der Waals surface area contributed by atoms with Crippen molar-refractivity contribution in [2.45, 2.75) is 45.2 Å². The SMILES string of the molecule is CC(=O)NC[C@H]1CCn2ncc(C(=O)N(C)[C@H]3CCc4ccccc43)c2C1. The quantitative estimate of drug-likeness (QED) is 0.903. The third-order valence-electron chi connectivity index (χ3n) is 5.94. The Labute approximate surface area is 159 Å². The van der Waals surface area contributed by atoms with Gasteiger partial charge in [-0.15, -0.1) is 0 Å². The van der Waals surface area contributed by atoms with E-state index in [4.69, 9.17) is 0 Å². The van der Waals surface area contributed by atoms with Crippen LogP contribution in [0.3, 0.4) is 0 Å². The van der Waals surface area contributed by atoms with Gasteiger partial charge in [0.25, 0.3) is 5.91 Å². The van der Waals surface area contributed by atoms with Crippen LogP contribution in [-0.2, 0) is 24.2 Å². The zero-order chi connectivity index (χ0) is 19.0. The van der Waals surface area contributed by atoms with Crippen molar-refractivity contribution in [3.8, 4) is 0 Å². The van der Waals surface area contributed by atoms with E-state index in [1.54, 1.807) is 6.20 Å². The van der Waals surface area contributed by atoms with Crippen molar-refractivity contribution in [3.05, 3.63) is 52.8 Å². The first kappa shape index (κ1) is 17.8. The summed E-state index contributed by atoms with van der Waals surface area (Å²) >= 11 is 0. The van der Waals surface area contributed by atoms with E-state index >= 15 is 0 Å². The first-order chi connectivity index (χ1) is 13.0. The number of hydrogen-bond donors (Lipinski definition) is 1. The van der Waals surface area contributed by atoms with Crippen LogP contribution in [0.1, 0.15) is 53.0 Å². The summed E-state index contributed by atoms with van der Waals surface area (Å²) in [6, 6.07) is 8.52. The number of hydrogen-bond acceptors (Lipinski definition) is 3. The Bertz CT molecular complexity index is 873. The summed E-state index contributed by atoms with van der Waals surface area (Å²) in [5.41, 5.74) is 4.31. The van der Waals surface area contributed by atoms with Crippen molar-refractivity contribution in [1.29, 1.82) is 0 Å². The van der Waals surface area contributed by atoms with Gasteiger partial charge in [0.2, 0.25) is 5.91 Å². The van der Waals surface area contributed by atoms with Crippen LogP contribution in [0.4, 0.5) is 0 Å². The maximum atomic E-state index is 13.3. The van der Waals surface area contributed by atoms with Crippen molar-refractivity contribution in [1.82, 2.24) is 20.0 Å². The van der Waals surface area contributed by atoms with E-state index in [1.165, 1.54) is 18.1 Å². The van der Waals surface area contributed by atoms with E-state index in [-0.39, 0.29) is 17.9 Å². The molecular weight excluding hydrogens is 340 g/mol. The predicted octanol–water partition coefficient (Wildman–Crippen LogP) is 2.34. The number of rotatable bonds is 4. The normalized spacial score (nSPS) is 20.7. The Morgan fingerprint density at radius 1 is 1.30 bits per heavy atom. The molecule has 1 N–H and O–H groups in total. The number of aryl methyl sites for hydroxylation is 2. The third-order valence-corrected chi connectivity index (χ3v) is 5.94. The Kier molecular flexibility index (Phi) is 4.72. The van der Waals surface area contributed by atoms with Crippen molar-refractivity contribution in [2.24, 2.45) is 5.92 Å². The molecule has 0 radical (unpaired) electrons. The number of aromatic nitrogens is 2. The van der Waals surface area contributed by atoms with Gasteiger partial charge in [-0.3, -0.25) is 14.3 Å². The van der Waals surface area contributed by atoms with Crippen LogP contribution in [0.5, 0.6) is 0 Å². The molecule has 6 heteroatoms. The highest BCUT2D eigenvalue weighted by Crippen LogP contribution is 2.36. The van der Waals surface area contributed by atoms with E-state index in [9.17, 15) is 9.59 Å². The number of nitrogens with zero attached hydrogens (tertiary/aromatic N) is 3. The Balaban J connectivity index is 1.52. The standard InChI is InChI=1S/C21H26N4O2/c1-14(26)22-12-15-9-10-25-20(11-15)18(13-23-25)21(27)24(2)19-8-7-16-5-3-4-6-17(16)19/h3-6,13,15,19H,7-12H2,1-2H3,(H,22,26)/t15-,19-/m0/s1. The molecule has 2 aromatic rings. The molecule has 0 saturated heterocycles. The smallest absolute Gasteiger partial charge is 0.257 e. The minimum absolute atomic E-state index is 0.00925. The van der Waals surface area contributed by atoms with Crippen LogP contribution in [0.25, 0.3) is 0 Å². The lowest BCUT2D eigenvalue weighted by Crippen LogP contribution is -2.34. The van der Waals surface area contributed by atoms with E-state index in [0.29, 0.717) is 18.0 Å². The maximum Gasteiger partial charge on any atom is 0.257 e. The summed E-state index contributed by atoms with van der Waals surface area (Å²) < 4.78 is 1.95. The molecule has 0 bridgehead atoms. The van der Waals surface area contributed by atoms with Gasteiger partial charge in [-0.1, -0.05) is 24.3 Å². The molecule has 142 valence electrons. The Morgan fingerprint density at radius 2 is 2.11 bits per heavy atom. The molecule has 1 aromatic heterocycles. The molecule has 2 heterocycles. The monoisotopic (exact) mass is 366 g/mol. The van der Waals surface area contributed by atoms with Gasteiger partial charge in [-0.2, -0.15) is 5.10 Å². The van der Waals surface area contributed by atoms with Crippen LogP contribution >= 0.6 is 0 Å². The molecule has 6 nitrogen and oxygen atoms in total. The minimum atomic E-state index is -0.00925. The minimum Gasteiger partial charge on any atom is -0.356 e. The second-order valence-electron chi connectivity index (χ2n) is 7.69. The summed E-state index contributed by atoms with van der Waals surface area (Å²) in [5.74, 6) is 0.380. The lowest BCUT2D eigenvalue weighted by molar-refractivity contribution is -0.119. The van der Waals surface area contributed by atoms with Crippen molar-refractivity contribution < 1.29 is 9.59 Å². The molecule has 1 aromatic carbocycles. The van der Waals surface area contributed by atoms with E-state index in [0.717, 1.165) is 37.9 Å². The van der Waals surface area contributed by atoms with Crippen molar-refractivity contribution >= 4 is 11.8 Å². The molecule has 4 rings (SSSR count). The number of nitrogens with one attached hydrogen (secondary N) is 1. The molecule has 1 aliphatic heterocycles. The topological polar surface area (TPSA) is 67.2 Å². The van der Waals surface area contributed by atoms with Gasteiger partial charge < -0.3 is 10.2 Å². The lowest BCUT2D eigenvalue weighted by Gasteiger charge is -2.27. The predicted molar refractivity (Wildman–Crippen MR) is 102 cm³/mol. The summed E-state index contributed by atoms with van der Waals surface area (Å²) in [6.07, 6.45) is 5.44. The molecule has 1 aliphatic carbocycles. The van der Waals surface area contributed by atoms with Gasteiger partial charge in [-0.25, -0.2) is 0 Å². The van der Waals surface area contributed by atoms with E-state index < -0.39 is 0 Å². The van der Waals surface area contributed by atoms with Crippen LogP contribution in [0, 0.1) is 5.92 Å². The summed E-state index contributed by atoms with van der Waals surface area (Å²) in [4.78, 5) is 26.3. The van der Waals surface area contributed by atoms with Crippen LogP contribution in [-0.4, -0.2) is 40.1 Å². The Hall–Kier alpha value is -2.63. The van der Waals surface area contributed by atoms with Gasteiger partial charge >= 0.3 is 0 Å². The molecule has 0 spiro atoms. The number of benzene rings is 1. The highest BCUT2D eigenvalue weighted by molar-refractivity contribution is 5.95. The lowest BCUT2D eigenvalue weighted by atomic mass is 9.94. The molecule has 2 atom stereocenters. The van der Waals surface area contributed by atoms with E-state index in [1.807, 2.05) is 22.7 Å². The van der Waals surface area contributed by atoms with Gasteiger partial charge in [0.05, 0.1) is 23.5 Å². The number of carbonyl (C=O) groups is 2. The fourth-order valence-electron chi connectivity index (χ4n) is 4.41. The second-order valence-corrected chi connectivity index (χ2v) is 7.69. The van der Waals surface area contributed by atoms with Gasteiger partial charge in [0.1, 0.15) is 0 Å². The molecule has 27 heavy (non-hydrogen) atoms. The van der Waals surface area contributed by atoms with Crippen LogP contribution in [0.15, 0.2) is 30.5 Å². The van der Waals surface area contributed by atoms with Gasteiger partial charge in [-0.05, 0) is 42.7 Å². The number of fused-ring (bicyclic) bond motifs is 2. The zero-order valence-corrected chi connectivity index (χ0v) is 15.9. The Morgan fingerprint density at radius 3 is 2.93 bits per heavy atom. The third kappa shape index (κ3) is 3.36. The highest BCUT2D eigenvalue weighted by Gasteiger charge is 2.32. The first-order valence-corrected chi connectivity index (χ1v) is 9.68. The number of amides is 2. The molecule has 0 fully saturated rings. The second kappa shape index (κ2) is 7.18. The summed E-state index contributed by atoms with van der Waals surface area (Å²) in [6.45, 7) is 2.99. The molecule has 0 unspecified atom stereocenters. The zero-order valence-electron chi connectivity index (χ0n) is 15.9. The summed E-state index contributed by atoms with van der Waals surface area (Å²) in [5, 5.41) is 7.34. The first-order valence-electron chi connectivity index (χ1n) is 9.68. The van der Waals surface area contributed by atoms with Crippen molar-refractivity contribution in [3.63, 3.8) is 0 Å². The van der Waals surface area contributed by atoms with Crippen LogP contribution in [0.2, 0.25) is 0 Å². The fourth-order valence-corrected chi connectivity index (χ4v) is 4.41. The molecule has 2 aliphatic rings. The number of carbonyl (C=O) groups excluding carboxylic acids is 2. The average molecular weight is 366 g/mol. The highest BCUT2D eigenvalue weighted by atomic mass is 16.2. The summed E-state index contributed by atoms with van der Waals surface area (Å²) in [7, 11) is 1.90. The fraction of sp³-hybridized carbons (Fsp3) is 0.476. The van der Waals surface area contributed by atoms with E-state index in [2.05, 4.69) is 28.6 Å². The largest absolute Gasteiger partial charge is 0.356 e. The maximum absolute atomic E-state index is 13.3. The molecular formula is C21H26N4O2.